The Morgan fingerprint density at radius 1 is 1.37 bits per heavy atom. The number of carbonyl (C=O) groups is 1. The molecule has 1 heterocycles. The minimum absolute atomic E-state index is 0.0300. The second-order valence-electron chi connectivity index (χ2n) is 3.79. The molecule has 0 aliphatic carbocycles. The van der Waals surface area contributed by atoms with E-state index in [0.717, 1.165) is 21.3 Å². The van der Waals surface area contributed by atoms with Crippen LogP contribution in [0.4, 0.5) is 0 Å². The summed E-state index contributed by atoms with van der Waals surface area (Å²) >= 11 is 2.74. The molecule has 0 aliphatic rings. The molecular weight excluding hydrogens is 282 g/mol. The van der Waals surface area contributed by atoms with Gasteiger partial charge in [-0.05, 0) is 5.56 Å². The van der Waals surface area contributed by atoms with Gasteiger partial charge in [0, 0.05) is 11.9 Å². The van der Waals surface area contributed by atoms with Gasteiger partial charge in [-0.2, -0.15) is 0 Å². The third kappa shape index (κ3) is 3.97. The van der Waals surface area contributed by atoms with E-state index in [0.29, 0.717) is 0 Å². The van der Waals surface area contributed by atoms with Crippen LogP contribution in [0.2, 0.25) is 0 Å². The standard InChI is InChI=1S/C13H13NO3S2/c1-17-11(15)7-14-8-12(19-13(14)16)18-9-10-5-3-2-4-6-10/h2-6,8H,7,9H2,1H3. The molecule has 0 radical (unpaired) electrons. The van der Waals surface area contributed by atoms with Crippen LogP contribution in [0.3, 0.4) is 0 Å². The lowest BCUT2D eigenvalue weighted by molar-refractivity contribution is -0.141. The SMILES string of the molecule is COC(=O)Cn1cc(SCc2ccccc2)sc1=O. The molecule has 6 heteroatoms. The zero-order valence-electron chi connectivity index (χ0n) is 10.4. The van der Waals surface area contributed by atoms with Crippen LogP contribution in [0.25, 0.3) is 0 Å². The van der Waals surface area contributed by atoms with Gasteiger partial charge >= 0.3 is 10.8 Å². The Balaban J connectivity index is 2.00. The molecule has 0 saturated heterocycles. The van der Waals surface area contributed by atoms with Crippen molar-refractivity contribution in [1.29, 1.82) is 0 Å². The molecule has 0 atom stereocenters. The van der Waals surface area contributed by atoms with Gasteiger partial charge < -0.3 is 4.74 Å². The number of rotatable bonds is 5. The summed E-state index contributed by atoms with van der Waals surface area (Å²) in [6, 6.07) is 10.0. The van der Waals surface area contributed by atoms with Gasteiger partial charge in [0.15, 0.2) is 0 Å². The van der Waals surface area contributed by atoms with E-state index in [4.69, 9.17) is 0 Å². The van der Waals surface area contributed by atoms with Crippen LogP contribution in [-0.2, 0) is 21.8 Å². The monoisotopic (exact) mass is 295 g/mol. The van der Waals surface area contributed by atoms with Crippen molar-refractivity contribution in [3.63, 3.8) is 0 Å². The quantitative estimate of drug-likeness (QED) is 0.627. The molecule has 0 fully saturated rings. The smallest absolute Gasteiger partial charge is 0.325 e. The number of hydrogen-bond acceptors (Lipinski definition) is 5. The van der Waals surface area contributed by atoms with Crippen LogP contribution in [0, 0.1) is 0 Å². The molecule has 100 valence electrons. The molecule has 0 N–H and O–H groups in total. The second-order valence-corrected chi connectivity index (χ2v) is 6.06. The van der Waals surface area contributed by atoms with Gasteiger partial charge in [0.05, 0.1) is 11.3 Å². The highest BCUT2D eigenvalue weighted by Crippen LogP contribution is 2.24. The third-order valence-corrected chi connectivity index (χ3v) is 4.62. The molecule has 0 unspecified atom stereocenters. The molecular formula is C13H13NO3S2. The van der Waals surface area contributed by atoms with E-state index in [1.807, 2.05) is 30.3 Å². The van der Waals surface area contributed by atoms with Crippen LogP contribution in [-0.4, -0.2) is 17.6 Å². The van der Waals surface area contributed by atoms with E-state index in [9.17, 15) is 9.59 Å². The summed E-state index contributed by atoms with van der Waals surface area (Å²) in [5.74, 6) is 0.387. The zero-order chi connectivity index (χ0) is 13.7. The predicted octanol–water partition coefficient (Wildman–Crippen LogP) is 2.38. The van der Waals surface area contributed by atoms with Crippen LogP contribution >= 0.6 is 23.1 Å². The molecule has 2 aromatic rings. The summed E-state index contributed by atoms with van der Waals surface area (Å²) in [7, 11) is 1.31. The van der Waals surface area contributed by atoms with E-state index in [-0.39, 0.29) is 11.4 Å². The Morgan fingerprint density at radius 2 is 2.11 bits per heavy atom. The molecule has 0 bridgehead atoms. The highest BCUT2D eigenvalue weighted by atomic mass is 32.2. The highest BCUT2D eigenvalue weighted by Gasteiger charge is 2.08. The van der Waals surface area contributed by atoms with Crippen molar-refractivity contribution >= 4 is 29.1 Å². The van der Waals surface area contributed by atoms with Crippen molar-refractivity contribution in [1.82, 2.24) is 4.57 Å². The minimum Gasteiger partial charge on any atom is -0.468 e. The first-order valence-electron chi connectivity index (χ1n) is 5.63. The Bertz CT molecular complexity index is 604. The number of aromatic nitrogens is 1. The summed E-state index contributed by atoms with van der Waals surface area (Å²) in [5, 5.41) is 0. The molecule has 0 spiro atoms. The third-order valence-electron chi connectivity index (χ3n) is 2.43. The maximum atomic E-state index is 11.7. The van der Waals surface area contributed by atoms with E-state index in [1.54, 1.807) is 18.0 Å². The maximum Gasteiger partial charge on any atom is 0.325 e. The van der Waals surface area contributed by atoms with Crippen molar-refractivity contribution in [2.45, 2.75) is 16.5 Å². The maximum absolute atomic E-state index is 11.7. The first kappa shape index (κ1) is 13.9. The van der Waals surface area contributed by atoms with Crippen LogP contribution in [0.15, 0.2) is 45.5 Å². The normalized spacial score (nSPS) is 10.4. The van der Waals surface area contributed by atoms with Gasteiger partial charge in [-0.1, -0.05) is 41.7 Å². The number of esters is 1. The number of thiazole rings is 1. The van der Waals surface area contributed by atoms with E-state index < -0.39 is 5.97 Å². The predicted molar refractivity (Wildman–Crippen MR) is 76.6 cm³/mol. The minimum atomic E-state index is -0.417. The highest BCUT2D eigenvalue weighted by molar-refractivity contribution is 8.00. The number of ether oxygens (including phenoxy) is 1. The van der Waals surface area contributed by atoms with E-state index >= 15 is 0 Å². The lowest BCUT2D eigenvalue weighted by Crippen LogP contribution is -2.19. The fraction of sp³-hybridized carbons (Fsp3) is 0.231. The van der Waals surface area contributed by atoms with Crippen molar-refractivity contribution in [2.75, 3.05) is 7.11 Å². The summed E-state index contributed by atoms with van der Waals surface area (Å²) in [5.41, 5.74) is 1.20. The van der Waals surface area contributed by atoms with Crippen molar-refractivity contribution in [3.8, 4) is 0 Å². The van der Waals surface area contributed by atoms with Crippen molar-refractivity contribution in [2.24, 2.45) is 0 Å². The molecule has 0 amide bonds. The fourth-order valence-electron chi connectivity index (χ4n) is 1.46. The summed E-state index contributed by atoms with van der Waals surface area (Å²) < 4.78 is 6.83. The summed E-state index contributed by atoms with van der Waals surface area (Å²) in [4.78, 5) is 22.7. The summed E-state index contributed by atoms with van der Waals surface area (Å²) in [6.45, 7) is -0.0300. The lowest BCUT2D eigenvalue weighted by atomic mass is 10.2. The Kier molecular flexibility index (Phi) is 4.81. The largest absolute Gasteiger partial charge is 0.468 e. The number of carbonyl (C=O) groups excluding carboxylic acids is 1. The van der Waals surface area contributed by atoms with Crippen molar-refractivity contribution in [3.05, 3.63) is 51.8 Å². The van der Waals surface area contributed by atoms with Crippen LogP contribution in [0.1, 0.15) is 5.56 Å². The van der Waals surface area contributed by atoms with E-state index in [2.05, 4.69) is 4.74 Å². The van der Waals surface area contributed by atoms with Gasteiger partial charge in [0.2, 0.25) is 0 Å². The van der Waals surface area contributed by atoms with Gasteiger partial charge in [0.25, 0.3) is 0 Å². The molecule has 2 rings (SSSR count). The average Bonchev–Trinajstić information content (AvgIpc) is 2.78. The lowest BCUT2D eigenvalue weighted by Gasteiger charge is -1.99. The first-order valence-corrected chi connectivity index (χ1v) is 7.43. The number of hydrogen-bond donors (Lipinski definition) is 0. The molecule has 4 nitrogen and oxygen atoms in total. The van der Waals surface area contributed by atoms with Crippen LogP contribution < -0.4 is 4.87 Å². The first-order chi connectivity index (χ1) is 9.19. The number of benzene rings is 1. The Labute approximate surface area is 119 Å². The topological polar surface area (TPSA) is 48.3 Å². The van der Waals surface area contributed by atoms with Crippen molar-refractivity contribution < 1.29 is 9.53 Å². The number of thioether (sulfide) groups is 1. The second kappa shape index (κ2) is 6.58. The molecule has 1 aromatic carbocycles. The van der Waals surface area contributed by atoms with Crippen LogP contribution in [0.5, 0.6) is 0 Å². The average molecular weight is 295 g/mol. The molecule has 19 heavy (non-hydrogen) atoms. The molecule has 0 saturated carbocycles. The fourth-order valence-corrected chi connectivity index (χ4v) is 3.38. The van der Waals surface area contributed by atoms with E-state index in [1.165, 1.54) is 17.2 Å². The van der Waals surface area contributed by atoms with Gasteiger partial charge in [-0.3, -0.25) is 14.2 Å². The Morgan fingerprint density at radius 3 is 2.79 bits per heavy atom. The van der Waals surface area contributed by atoms with Gasteiger partial charge in [-0.15, -0.1) is 11.8 Å². The number of methoxy groups -OCH3 is 1. The van der Waals surface area contributed by atoms with Gasteiger partial charge in [-0.25, -0.2) is 0 Å². The molecule has 0 aliphatic heterocycles. The number of nitrogens with zero attached hydrogens (tertiary/aromatic N) is 1. The van der Waals surface area contributed by atoms with Gasteiger partial charge in [0.1, 0.15) is 6.54 Å². The Hall–Kier alpha value is -1.53. The summed E-state index contributed by atoms with van der Waals surface area (Å²) in [6.07, 6.45) is 1.71. The zero-order valence-corrected chi connectivity index (χ0v) is 12.0. The molecule has 1 aromatic heterocycles.